The highest BCUT2D eigenvalue weighted by molar-refractivity contribution is 5.95. The van der Waals surface area contributed by atoms with Crippen molar-refractivity contribution in [1.29, 1.82) is 0 Å². The fourth-order valence-corrected chi connectivity index (χ4v) is 2.58. The number of halogens is 1. The van der Waals surface area contributed by atoms with Crippen LogP contribution in [0, 0.1) is 5.82 Å². The van der Waals surface area contributed by atoms with E-state index in [0.717, 1.165) is 0 Å². The predicted octanol–water partition coefficient (Wildman–Crippen LogP) is 1.01. The van der Waals surface area contributed by atoms with E-state index in [-0.39, 0.29) is 24.9 Å². The van der Waals surface area contributed by atoms with E-state index in [2.05, 4.69) is 0 Å². The molecule has 7 nitrogen and oxygen atoms in total. The van der Waals surface area contributed by atoms with Crippen molar-refractivity contribution in [2.75, 3.05) is 43.1 Å². The summed E-state index contributed by atoms with van der Waals surface area (Å²) in [4.78, 5) is 27.7. The Morgan fingerprint density at radius 3 is 2.64 bits per heavy atom. The molecule has 1 unspecified atom stereocenters. The zero-order chi connectivity index (χ0) is 15.9. The summed E-state index contributed by atoms with van der Waals surface area (Å²) in [6.07, 6.45) is -1.23. The van der Waals surface area contributed by atoms with Crippen molar-refractivity contribution in [2.24, 2.45) is 0 Å². The number of cyclic esters (lactones) is 1. The van der Waals surface area contributed by atoms with Crippen LogP contribution >= 0.6 is 0 Å². The molecule has 3 rings (SSSR count). The highest BCUT2D eigenvalue weighted by Gasteiger charge is 2.33. The number of ether oxygens (including phenoxy) is 1. The van der Waals surface area contributed by atoms with Gasteiger partial charge >= 0.3 is 12.1 Å². The van der Waals surface area contributed by atoms with Crippen molar-refractivity contribution in [3.8, 4) is 0 Å². The molecule has 2 aliphatic rings. The monoisotopic (exact) mass is 309 g/mol. The van der Waals surface area contributed by atoms with Crippen LogP contribution in [-0.2, 0) is 4.74 Å². The van der Waals surface area contributed by atoms with E-state index in [1.165, 1.54) is 26.8 Å². The van der Waals surface area contributed by atoms with Gasteiger partial charge in [0, 0.05) is 20.1 Å². The second-order valence-electron chi connectivity index (χ2n) is 5.29. The summed E-state index contributed by atoms with van der Waals surface area (Å²) < 4.78 is 19.2. The van der Waals surface area contributed by atoms with Gasteiger partial charge in [0.25, 0.3) is 0 Å². The zero-order valence-electron chi connectivity index (χ0n) is 12.0. The third kappa shape index (κ3) is 2.35. The molecule has 0 aliphatic carbocycles. The number of benzene rings is 1. The Kier molecular flexibility index (Phi) is 3.61. The molecule has 0 bridgehead atoms. The minimum Gasteiger partial charge on any atom is -0.441 e. The predicted molar refractivity (Wildman–Crippen MR) is 76.5 cm³/mol. The average molecular weight is 309 g/mol. The molecular formula is C14H16FN3O4. The van der Waals surface area contributed by atoms with E-state index in [4.69, 9.17) is 9.84 Å². The fraction of sp³-hybridized carbons (Fsp3) is 0.429. The average Bonchev–Trinajstić information content (AvgIpc) is 3.03. The number of urea groups is 1. The SMILES string of the molecule is CN1CCN(c2ccc(N3CC(CO)OC3=O)cc2F)C1=O. The van der Waals surface area contributed by atoms with Gasteiger partial charge in [-0.05, 0) is 18.2 Å². The van der Waals surface area contributed by atoms with Gasteiger partial charge in [0.05, 0.1) is 24.5 Å². The molecule has 8 heteroatoms. The van der Waals surface area contributed by atoms with E-state index in [0.29, 0.717) is 18.8 Å². The number of aliphatic hydroxyl groups excluding tert-OH is 1. The lowest BCUT2D eigenvalue weighted by molar-refractivity contribution is 0.0963. The van der Waals surface area contributed by atoms with Gasteiger partial charge < -0.3 is 14.7 Å². The number of rotatable bonds is 3. The standard InChI is InChI=1S/C14H16FN3O4/c1-16-4-5-17(13(16)20)12-3-2-9(6-11(12)15)18-7-10(8-19)22-14(18)21/h2-3,6,10,19H,4-5,7-8H2,1H3. The number of carbonyl (C=O) groups excluding carboxylic acids is 2. The highest BCUT2D eigenvalue weighted by atomic mass is 19.1. The Morgan fingerprint density at radius 2 is 2.09 bits per heavy atom. The highest BCUT2D eigenvalue weighted by Crippen LogP contribution is 2.29. The van der Waals surface area contributed by atoms with Gasteiger partial charge in [0.15, 0.2) is 0 Å². The number of aliphatic hydroxyl groups is 1. The smallest absolute Gasteiger partial charge is 0.414 e. The van der Waals surface area contributed by atoms with Crippen LogP contribution in [0.4, 0.5) is 25.4 Å². The van der Waals surface area contributed by atoms with E-state index in [1.807, 2.05) is 0 Å². The van der Waals surface area contributed by atoms with Crippen LogP contribution in [0.2, 0.25) is 0 Å². The van der Waals surface area contributed by atoms with Crippen LogP contribution in [0.5, 0.6) is 0 Å². The second-order valence-corrected chi connectivity index (χ2v) is 5.29. The largest absolute Gasteiger partial charge is 0.441 e. The molecule has 1 aromatic carbocycles. The van der Waals surface area contributed by atoms with Gasteiger partial charge in [-0.2, -0.15) is 0 Å². The van der Waals surface area contributed by atoms with Gasteiger partial charge in [0.2, 0.25) is 0 Å². The maximum absolute atomic E-state index is 14.3. The molecule has 1 aromatic rings. The van der Waals surface area contributed by atoms with Crippen LogP contribution in [-0.4, -0.2) is 61.5 Å². The van der Waals surface area contributed by atoms with E-state index >= 15 is 0 Å². The first-order valence-corrected chi connectivity index (χ1v) is 6.92. The van der Waals surface area contributed by atoms with Crippen molar-refractivity contribution in [1.82, 2.24) is 4.90 Å². The summed E-state index contributed by atoms with van der Waals surface area (Å²) in [6, 6.07) is 3.97. The molecule has 22 heavy (non-hydrogen) atoms. The molecule has 0 saturated carbocycles. The number of likely N-dealkylation sites (N-methyl/N-ethyl adjacent to an activating group) is 1. The van der Waals surface area contributed by atoms with Crippen molar-refractivity contribution in [2.45, 2.75) is 6.10 Å². The van der Waals surface area contributed by atoms with Crippen LogP contribution in [0.1, 0.15) is 0 Å². The topological polar surface area (TPSA) is 73.3 Å². The van der Waals surface area contributed by atoms with Crippen molar-refractivity contribution < 1.29 is 23.8 Å². The lowest BCUT2D eigenvalue weighted by Gasteiger charge is -2.19. The molecule has 2 fully saturated rings. The summed E-state index contributed by atoms with van der Waals surface area (Å²) in [5.41, 5.74) is 0.520. The van der Waals surface area contributed by atoms with Gasteiger partial charge in [0.1, 0.15) is 11.9 Å². The molecule has 0 radical (unpaired) electrons. The summed E-state index contributed by atoms with van der Waals surface area (Å²) in [5.74, 6) is -0.582. The van der Waals surface area contributed by atoms with Gasteiger partial charge in [-0.25, -0.2) is 14.0 Å². The van der Waals surface area contributed by atoms with Gasteiger partial charge in [-0.3, -0.25) is 9.80 Å². The lowest BCUT2D eigenvalue weighted by atomic mass is 10.2. The first kappa shape index (κ1) is 14.6. The normalized spacial score (nSPS) is 21.8. The lowest BCUT2D eigenvalue weighted by Crippen LogP contribution is -2.30. The minimum atomic E-state index is -0.622. The third-order valence-electron chi connectivity index (χ3n) is 3.83. The molecule has 2 heterocycles. The first-order valence-electron chi connectivity index (χ1n) is 6.92. The Labute approximate surface area is 126 Å². The van der Waals surface area contributed by atoms with Gasteiger partial charge in [-0.15, -0.1) is 0 Å². The number of anilines is 2. The Bertz CT molecular complexity index is 624. The minimum absolute atomic E-state index is 0.166. The Morgan fingerprint density at radius 1 is 1.32 bits per heavy atom. The Hall–Kier alpha value is -2.35. The van der Waals surface area contributed by atoms with E-state index in [1.54, 1.807) is 13.1 Å². The number of hydrogen-bond acceptors (Lipinski definition) is 4. The molecule has 1 atom stereocenters. The molecule has 2 saturated heterocycles. The fourth-order valence-electron chi connectivity index (χ4n) is 2.58. The number of hydrogen-bond donors (Lipinski definition) is 1. The van der Waals surface area contributed by atoms with Crippen molar-refractivity contribution in [3.63, 3.8) is 0 Å². The third-order valence-corrected chi connectivity index (χ3v) is 3.83. The van der Waals surface area contributed by atoms with Gasteiger partial charge in [-0.1, -0.05) is 0 Å². The summed E-state index contributed by atoms with van der Waals surface area (Å²) in [6.45, 7) is 0.845. The summed E-state index contributed by atoms with van der Waals surface area (Å²) >= 11 is 0. The van der Waals surface area contributed by atoms with E-state index in [9.17, 15) is 14.0 Å². The van der Waals surface area contributed by atoms with Crippen LogP contribution < -0.4 is 9.80 Å². The van der Waals surface area contributed by atoms with E-state index < -0.39 is 18.0 Å². The Balaban J connectivity index is 1.84. The molecule has 1 N–H and O–H groups in total. The molecule has 118 valence electrons. The molecular weight excluding hydrogens is 293 g/mol. The molecule has 0 spiro atoms. The molecule has 2 aliphatic heterocycles. The van der Waals surface area contributed by atoms with Crippen LogP contribution in [0.25, 0.3) is 0 Å². The number of nitrogens with zero attached hydrogens (tertiary/aromatic N) is 3. The maximum atomic E-state index is 14.3. The maximum Gasteiger partial charge on any atom is 0.414 e. The molecule has 0 aromatic heterocycles. The van der Waals surface area contributed by atoms with Crippen molar-refractivity contribution in [3.05, 3.63) is 24.0 Å². The quantitative estimate of drug-likeness (QED) is 0.904. The first-order chi connectivity index (χ1) is 10.5. The molecule has 3 amide bonds. The number of carbonyl (C=O) groups is 2. The second kappa shape index (κ2) is 5.45. The summed E-state index contributed by atoms with van der Waals surface area (Å²) in [7, 11) is 1.66. The van der Waals surface area contributed by atoms with Crippen molar-refractivity contribution >= 4 is 23.5 Å². The van der Waals surface area contributed by atoms with Crippen LogP contribution in [0.15, 0.2) is 18.2 Å². The summed E-state index contributed by atoms with van der Waals surface area (Å²) in [5, 5.41) is 9.02. The zero-order valence-corrected chi connectivity index (χ0v) is 12.0. The van der Waals surface area contributed by atoms with Crippen LogP contribution in [0.3, 0.4) is 0 Å². The number of amides is 3.